The maximum absolute atomic E-state index is 13.6. The number of nitrogens with zero attached hydrogens (tertiary/aromatic N) is 4. The largest absolute Gasteiger partial charge is 0.356 e. The van der Waals surface area contributed by atoms with E-state index in [1.54, 1.807) is 6.07 Å². The minimum absolute atomic E-state index is 0.223. The SMILES string of the molecule is Fc1c(F)c(F)c(/C=N/Nc2cc(N3CCCCC3)ncn2)c(F)c1F. The van der Waals surface area contributed by atoms with Crippen LogP contribution in [0.25, 0.3) is 0 Å². The van der Waals surface area contributed by atoms with Crippen LogP contribution in [0.15, 0.2) is 17.5 Å². The average molecular weight is 371 g/mol. The predicted octanol–water partition coefficient (Wildman–Crippen LogP) is 3.61. The number of aromatic nitrogens is 2. The fourth-order valence-electron chi connectivity index (χ4n) is 2.60. The molecule has 2 heterocycles. The van der Waals surface area contributed by atoms with E-state index in [9.17, 15) is 22.0 Å². The van der Waals surface area contributed by atoms with Crippen molar-refractivity contribution in [3.8, 4) is 0 Å². The number of piperidine rings is 1. The van der Waals surface area contributed by atoms with E-state index in [4.69, 9.17) is 0 Å². The van der Waals surface area contributed by atoms with E-state index in [0.29, 0.717) is 12.0 Å². The zero-order valence-electron chi connectivity index (χ0n) is 13.4. The van der Waals surface area contributed by atoms with Crippen molar-refractivity contribution in [2.75, 3.05) is 23.4 Å². The van der Waals surface area contributed by atoms with E-state index < -0.39 is 34.6 Å². The van der Waals surface area contributed by atoms with Crippen molar-refractivity contribution in [1.29, 1.82) is 0 Å². The van der Waals surface area contributed by atoms with E-state index in [2.05, 4.69) is 25.4 Å². The minimum atomic E-state index is -2.22. The smallest absolute Gasteiger partial charge is 0.200 e. The van der Waals surface area contributed by atoms with E-state index in [1.807, 2.05) is 0 Å². The summed E-state index contributed by atoms with van der Waals surface area (Å²) in [7, 11) is 0. The number of nitrogens with one attached hydrogen (secondary N) is 1. The molecule has 1 aliphatic heterocycles. The number of anilines is 2. The molecule has 0 spiro atoms. The number of hydrazone groups is 1. The molecule has 3 rings (SSSR count). The van der Waals surface area contributed by atoms with Gasteiger partial charge in [-0.25, -0.2) is 31.9 Å². The summed E-state index contributed by atoms with van der Waals surface area (Å²) in [6.07, 6.45) is 5.05. The lowest BCUT2D eigenvalue weighted by Crippen LogP contribution is -2.30. The quantitative estimate of drug-likeness (QED) is 0.293. The molecule has 0 unspecified atom stereocenters. The zero-order chi connectivity index (χ0) is 18.7. The Bertz CT molecular complexity index is 807. The molecule has 138 valence electrons. The van der Waals surface area contributed by atoms with E-state index in [0.717, 1.165) is 32.4 Å². The Morgan fingerprint density at radius 2 is 1.50 bits per heavy atom. The first-order valence-electron chi connectivity index (χ1n) is 7.86. The van der Waals surface area contributed by atoms with Crippen LogP contribution in [0.5, 0.6) is 0 Å². The number of benzene rings is 1. The lowest BCUT2D eigenvalue weighted by Gasteiger charge is -2.27. The molecule has 1 fully saturated rings. The van der Waals surface area contributed by atoms with Crippen molar-refractivity contribution < 1.29 is 22.0 Å². The van der Waals surface area contributed by atoms with Gasteiger partial charge in [0, 0.05) is 19.2 Å². The van der Waals surface area contributed by atoms with Crippen LogP contribution >= 0.6 is 0 Å². The number of hydrogen-bond acceptors (Lipinski definition) is 5. The molecular weight excluding hydrogens is 357 g/mol. The van der Waals surface area contributed by atoms with Crippen LogP contribution in [-0.4, -0.2) is 29.3 Å². The van der Waals surface area contributed by atoms with Gasteiger partial charge in [0.1, 0.15) is 12.1 Å². The summed E-state index contributed by atoms with van der Waals surface area (Å²) in [4.78, 5) is 10.1. The van der Waals surface area contributed by atoms with Crippen molar-refractivity contribution in [3.63, 3.8) is 0 Å². The van der Waals surface area contributed by atoms with E-state index in [1.165, 1.54) is 6.33 Å². The van der Waals surface area contributed by atoms with Gasteiger partial charge in [-0.1, -0.05) is 0 Å². The third-order valence-electron chi connectivity index (χ3n) is 3.95. The Morgan fingerprint density at radius 1 is 0.885 bits per heavy atom. The van der Waals surface area contributed by atoms with Gasteiger partial charge in [-0.3, -0.25) is 5.43 Å². The van der Waals surface area contributed by atoms with Crippen molar-refractivity contribution in [3.05, 3.63) is 47.0 Å². The first-order valence-corrected chi connectivity index (χ1v) is 7.86. The number of halogens is 5. The summed E-state index contributed by atoms with van der Waals surface area (Å²) in [5.74, 6) is -9.30. The highest BCUT2D eigenvalue weighted by molar-refractivity contribution is 5.81. The molecule has 0 bridgehead atoms. The fraction of sp³-hybridized carbons (Fsp3) is 0.312. The van der Waals surface area contributed by atoms with Gasteiger partial charge in [0.05, 0.1) is 11.8 Å². The molecule has 1 N–H and O–H groups in total. The van der Waals surface area contributed by atoms with Gasteiger partial charge in [0.15, 0.2) is 29.1 Å². The molecule has 10 heteroatoms. The summed E-state index contributed by atoms with van der Waals surface area (Å²) >= 11 is 0. The maximum atomic E-state index is 13.6. The normalized spacial score (nSPS) is 14.9. The first kappa shape index (κ1) is 18.0. The van der Waals surface area contributed by atoms with Crippen LogP contribution in [0.3, 0.4) is 0 Å². The third kappa shape index (κ3) is 3.58. The second-order valence-corrected chi connectivity index (χ2v) is 5.66. The molecule has 1 aromatic carbocycles. The van der Waals surface area contributed by atoms with Crippen LogP contribution in [0.1, 0.15) is 24.8 Å². The van der Waals surface area contributed by atoms with Gasteiger partial charge in [0.25, 0.3) is 0 Å². The lowest BCUT2D eigenvalue weighted by molar-refractivity contribution is 0.377. The van der Waals surface area contributed by atoms with Crippen molar-refractivity contribution in [2.24, 2.45) is 5.10 Å². The molecule has 1 saturated heterocycles. The molecule has 0 saturated carbocycles. The fourth-order valence-corrected chi connectivity index (χ4v) is 2.60. The molecular formula is C16H14F5N5. The average Bonchev–Trinajstić information content (AvgIpc) is 2.68. The zero-order valence-corrected chi connectivity index (χ0v) is 13.4. The molecule has 0 amide bonds. The maximum Gasteiger partial charge on any atom is 0.200 e. The van der Waals surface area contributed by atoms with Crippen LogP contribution in [0.2, 0.25) is 0 Å². The lowest BCUT2D eigenvalue weighted by atomic mass is 10.1. The Balaban J connectivity index is 1.77. The van der Waals surface area contributed by atoms with Gasteiger partial charge >= 0.3 is 0 Å². The second kappa shape index (κ2) is 7.63. The summed E-state index contributed by atoms with van der Waals surface area (Å²) in [5, 5.41) is 3.51. The van der Waals surface area contributed by atoms with Crippen LogP contribution in [0, 0.1) is 29.1 Å². The molecule has 0 atom stereocenters. The Labute approximate surface area is 145 Å². The molecule has 2 aromatic rings. The summed E-state index contributed by atoms with van der Waals surface area (Å²) in [6, 6.07) is 1.58. The first-order chi connectivity index (χ1) is 12.5. The van der Waals surface area contributed by atoms with E-state index >= 15 is 0 Å². The standard InChI is InChI=1S/C16H14F5N5/c17-12-9(13(18)15(20)16(21)14(12)19)7-24-25-10-6-11(23-8-22-10)26-4-2-1-3-5-26/h6-8H,1-5H2,(H,22,23,25)/b24-7+. The summed E-state index contributed by atoms with van der Waals surface area (Å²) in [6.45, 7) is 1.70. The third-order valence-corrected chi connectivity index (χ3v) is 3.95. The van der Waals surface area contributed by atoms with Gasteiger partial charge in [-0.15, -0.1) is 0 Å². The molecule has 1 aliphatic rings. The Hall–Kier alpha value is -2.78. The van der Waals surface area contributed by atoms with Crippen LogP contribution in [0.4, 0.5) is 33.6 Å². The molecule has 0 aliphatic carbocycles. The van der Waals surface area contributed by atoms with Crippen LogP contribution < -0.4 is 10.3 Å². The highest BCUT2D eigenvalue weighted by Gasteiger charge is 2.24. The van der Waals surface area contributed by atoms with Crippen molar-refractivity contribution in [2.45, 2.75) is 19.3 Å². The molecule has 0 radical (unpaired) electrons. The second-order valence-electron chi connectivity index (χ2n) is 5.66. The summed E-state index contributed by atoms with van der Waals surface area (Å²) < 4.78 is 66.4. The topological polar surface area (TPSA) is 53.4 Å². The van der Waals surface area contributed by atoms with E-state index in [-0.39, 0.29) is 5.82 Å². The minimum Gasteiger partial charge on any atom is -0.356 e. The highest BCUT2D eigenvalue weighted by atomic mass is 19.2. The predicted molar refractivity (Wildman–Crippen MR) is 85.5 cm³/mol. The Morgan fingerprint density at radius 3 is 2.15 bits per heavy atom. The summed E-state index contributed by atoms with van der Waals surface area (Å²) in [5.41, 5.74) is 1.26. The number of hydrogen-bond donors (Lipinski definition) is 1. The Kier molecular flexibility index (Phi) is 5.29. The molecule has 26 heavy (non-hydrogen) atoms. The van der Waals surface area contributed by atoms with Crippen molar-refractivity contribution in [1.82, 2.24) is 9.97 Å². The van der Waals surface area contributed by atoms with Crippen molar-refractivity contribution >= 4 is 17.9 Å². The highest BCUT2D eigenvalue weighted by Crippen LogP contribution is 2.22. The monoisotopic (exact) mass is 371 g/mol. The van der Waals surface area contributed by atoms with Gasteiger partial charge in [-0.2, -0.15) is 5.10 Å². The van der Waals surface area contributed by atoms with Gasteiger partial charge in [-0.05, 0) is 19.3 Å². The van der Waals surface area contributed by atoms with Crippen LogP contribution in [-0.2, 0) is 0 Å². The molecule has 5 nitrogen and oxygen atoms in total. The molecule has 1 aromatic heterocycles. The van der Waals surface area contributed by atoms with Gasteiger partial charge < -0.3 is 4.90 Å². The van der Waals surface area contributed by atoms with Gasteiger partial charge in [0.2, 0.25) is 5.82 Å². The number of rotatable bonds is 4.